The van der Waals surface area contributed by atoms with Gasteiger partial charge in [0, 0.05) is 6.42 Å². The van der Waals surface area contributed by atoms with Crippen LogP contribution in [0, 0.1) is 11.8 Å². The number of carboxylic acid groups (broad SMARTS) is 1. The molecule has 0 unspecified atom stereocenters. The molecule has 0 amide bonds. The number of hydrogen-bond acceptors (Lipinski definition) is 2. The standard InChI is InChI=1S/C10H16O3/c1-2-3-4-7-5-6-8(11)9(7)10(12)13/h7,9H,2-6H2,1H3,(H,12,13)/t7-,9+/m0/s1. The van der Waals surface area contributed by atoms with Crippen LogP contribution in [0.15, 0.2) is 0 Å². The van der Waals surface area contributed by atoms with Gasteiger partial charge in [0.25, 0.3) is 0 Å². The molecule has 0 aromatic heterocycles. The summed E-state index contributed by atoms with van der Waals surface area (Å²) in [5.74, 6) is -1.60. The molecule has 1 N–H and O–H groups in total. The fourth-order valence-corrected chi connectivity index (χ4v) is 2.03. The number of aliphatic carboxylic acids is 1. The molecule has 0 bridgehead atoms. The van der Waals surface area contributed by atoms with Crippen LogP contribution in [0.5, 0.6) is 0 Å². The Balaban J connectivity index is 2.54. The van der Waals surface area contributed by atoms with Crippen molar-refractivity contribution in [3.8, 4) is 0 Å². The molecule has 1 rings (SSSR count). The van der Waals surface area contributed by atoms with Crippen molar-refractivity contribution in [3.63, 3.8) is 0 Å². The molecule has 0 radical (unpaired) electrons. The van der Waals surface area contributed by atoms with Crippen LogP contribution < -0.4 is 0 Å². The second-order valence-corrected chi connectivity index (χ2v) is 3.72. The van der Waals surface area contributed by atoms with Gasteiger partial charge in [-0.25, -0.2) is 0 Å². The number of ketones is 1. The molecule has 3 nitrogen and oxygen atoms in total. The fourth-order valence-electron chi connectivity index (χ4n) is 2.03. The lowest BCUT2D eigenvalue weighted by atomic mass is 9.91. The van der Waals surface area contributed by atoms with Crippen LogP contribution in [-0.2, 0) is 9.59 Å². The number of hydrogen-bond donors (Lipinski definition) is 1. The van der Waals surface area contributed by atoms with Gasteiger partial charge in [-0.1, -0.05) is 19.8 Å². The van der Waals surface area contributed by atoms with E-state index in [1.54, 1.807) is 0 Å². The highest BCUT2D eigenvalue weighted by atomic mass is 16.4. The van der Waals surface area contributed by atoms with Gasteiger partial charge in [-0.05, 0) is 18.8 Å². The van der Waals surface area contributed by atoms with E-state index in [2.05, 4.69) is 6.92 Å². The minimum atomic E-state index is -0.927. The molecule has 13 heavy (non-hydrogen) atoms. The summed E-state index contributed by atoms with van der Waals surface area (Å²) in [6.07, 6.45) is 4.22. The van der Waals surface area contributed by atoms with Crippen molar-refractivity contribution in [1.29, 1.82) is 0 Å². The Morgan fingerprint density at radius 2 is 2.31 bits per heavy atom. The number of carboxylic acids is 1. The first-order valence-corrected chi connectivity index (χ1v) is 4.92. The Hall–Kier alpha value is -0.860. The van der Waals surface area contributed by atoms with E-state index in [0.29, 0.717) is 6.42 Å². The third-order valence-electron chi connectivity index (χ3n) is 2.77. The van der Waals surface area contributed by atoms with E-state index < -0.39 is 11.9 Å². The van der Waals surface area contributed by atoms with Crippen LogP contribution >= 0.6 is 0 Å². The highest BCUT2D eigenvalue weighted by Gasteiger charge is 2.39. The molecule has 3 heteroatoms. The topological polar surface area (TPSA) is 54.4 Å². The maximum absolute atomic E-state index is 11.2. The van der Waals surface area contributed by atoms with Gasteiger partial charge in [-0.2, -0.15) is 0 Å². The van der Waals surface area contributed by atoms with Crippen molar-refractivity contribution in [2.24, 2.45) is 11.8 Å². The second kappa shape index (κ2) is 4.40. The highest BCUT2D eigenvalue weighted by Crippen LogP contribution is 2.32. The molecule has 1 fully saturated rings. The maximum atomic E-state index is 11.2. The van der Waals surface area contributed by atoms with Gasteiger partial charge in [0.2, 0.25) is 0 Å². The Labute approximate surface area is 78.1 Å². The SMILES string of the molecule is CCCC[C@H]1CCC(=O)[C@@H]1C(=O)O. The van der Waals surface area contributed by atoms with Crippen molar-refractivity contribution < 1.29 is 14.7 Å². The zero-order valence-electron chi connectivity index (χ0n) is 7.95. The number of carbonyl (C=O) groups excluding carboxylic acids is 1. The van der Waals surface area contributed by atoms with Crippen molar-refractivity contribution in [3.05, 3.63) is 0 Å². The molecule has 0 aromatic rings. The first-order chi connectivity index (χ1) is 6.16. The third-order valence-corrected chi connectivity index (χ3v) is 2.77. The van der Waals surface area contributed by atoms with Gasteiger partial charge in [-0.15, -0.1) is 0 Å². The summed E-state index contributed by atoms with van der Waals surface area (Å²) in [4.78, 5) is 22.0. The van der Waals surface area contributed by atoms with Crippen LogP contribution in [0.2, 0.25) is 0 Å². The van der Waals surface area contributed by atoms with E-state index in [9.17, 15) is 9.59 Å². The fraction of sp³-hybridized carbons (Fsp3) is 0.800. The van der Waals surface area contributed by atoms with E-state index in [1.807, 2.05) is 0 Å². The number of Topliss-reactive ketones (excluding diaryl/α,β-unsaturated/α-hetero) is 1. The number of rotatable bonds is 4. The summed E-state index contributed by atoms with van der Waals surface area (Å²) in [6, 6.07) is 0. The van der Waals surface area contributed by atoms with E-state index >= 15 is 0 Å². The van der Waals surface area contributed by atoms with Gasteiger partial charge in [0.1, 0.15) is 11.7 Å². The van der Waals surface area contributed by atoms with Crippen LogP contribution in [-0.4, -0.2) is 16.9 Å². The van der Waals surface area contributed by atoms with Crippen molar-refractivity contribution in [1.82, 2.24) is 0 Å². The lowest BCUT2D eigenvalue weighted by Crippen LogP contribution is -2.24. The highest BCUT2D eigenvalue weighted by molar-refractivity contribution is 6.00. The van der Waals surface area contributed by atoms with Gasteiger partial charge >= 0.3 is 5.97 Å². The molecule has 1 aliphatic carbocycles. The second-order valence-electron chi connectivity index (χ2n) is 3.72. The number of carbonyl (C=O) groups is 2. The molecule has 0 aliphatic heterocycles. The molecule has 74 valence electrons. The van der Waals surface area contributed by atoms with E-state index in [1.165, 1.54) is 0 Å². The lowest BCUT2D eigenvalue weighted by molar-refractivity contribution is -0.146. The zero-order valence-corrected chi connectivity index (χ0v) is 7.95. The summed E-state index contributed by atoms with van der Waals surface area (Å²) in [5.41, 5.74) is 0. The quantitative estimate of drug-likeness (QED) is 0.678. The van der Waals surface area contributed by atoms with E-state index in [-0.39, 0.29) is 11.7 Å². The lowest BCUT2D eigenvalue weighted by Gasteiger charge is -2.13. The maximum Gasteiger partial charge on any atom is 0.314 e. The first kappa shape index (κ1) is 10.2. The Morgan fingerprint density at radius 3 is 2.85 bits per heavy atom. The van der Waals surface area contributed by atoms with Crippen molar-refractivity contribution in [2.75, 3.05) is 0 Å². The zero-order chi connectivity index (χ0) is 9.84. The normalized spacial score (nSPS) is 27.9. The molecule has 0 saturated heterocycles. The van der Waals surface area contributed by atoms with Gasteiger partial charge in [0.05, 0.1) is 0 Å². The third kappa shape index (κ3) is 2.29. The van der Waals surface area contributed by atoms with Crippen LogP contribution in [0.1, 0.15) is 39.0 Å². The molecule has 0 spiro atoms. The summed E-state index contributed by atoms with van der Waals surface area (Å²) >= 11 is 0. The predicted octanol–water partition coefficient (Wildman–Crippen LogP) is 1.86. The average molecular weight is 184 g/mol. The summed E-state index contributed by atoms with van der Waals surface area (Å²) in [6.45, 7) is 2.08. The largest absolute Gasteiger partial charge is 0.481 e. The molecular weight excluding hydrogens is 168 g/mol. The predicted molar refractivity (Wildman–Crippen MR) is 48.4 cm³/mol. The minimum Gasteiger partial charge on any atom is -0.481 e. The van der Waals surface area contributed by atoms with E-state index in [0.717, 1.165) is 25.7 Å². The summed E-state index contributed by atoms with van der Waals surface area (Å²) < 4.78 is 0. The molecule has 1 aliphatic rings. The minimum absolute atomic E-state index is 0.0754. The Bertz CT molecular complexity index is 210. The van der Waals surface area contributed by atoms with Crippen molar-refractivity contribution in [2.45, 2.75) is 39.0 Å². The van der Waals surface area contributed by atoms with Gasteiger partial charge < -0.3 is 5.11 Å². The molecular formula is C10H16O3. The van der Waals surface area contributed by atoms with Gasteiger partial charge in [0.15, 0.2) is 0 Å². The van der Waals surface area contributed by atoms with Gasteiger partial charge in [-0.3, -0.25) is 9.59 Å². The summed E-state index contributed by atoms with van der Waals surface area (Å²) in [7, 11) is 0. The molecule has 0 aromatic carbocycles. The molecule has 2 atom stereocenters. The summed E-state index contributed by atoms with van der Waals surface area (Å²) in [5, 5.41) is 8.83. The molecule has 1 saturated carbocycles. The number of unbranched alkanes of at least 4 members (excludes halogenated alkanes) is 1. The van der Waals surface area contributed by atoms with Crippen molar-refractivity contribution >= 4 is 11.8 Å². The molecule has 0 heterocycles. The van der Waals surface area contributed by atoms with E-state index in [4.69, 9.17) is 5.11 Å². The van der Waals surface area contributed by atoms with Crippen LogP contribution in [0.25, 0.3) is 0 Å². The smallest absolute Gasteiger partial charge is 0.314 e. The first-order valence-electron chi connectivity index (χ1n) is 4.92. The average Bonchev–Trinajstić information content (AvgIpc) is 2.43. The van der Waals surface area contributed by atoms with Crippen LogP contribution in [0.4, 0.5) is 0 Å². The van der Waals surface area contributed by atoms with Crippen LogP contribution in [0.3, 0.4) is 0 Å². The Kier molecular flexibility index (Phi) is 3.46. The Morgan fingerprint density at radius 1 is 1.62 bits per heavy atom. The monoisotopic (exact) mass is 184 g/mol.